The number of carbonyl (C=O) groups excluding carboxylic acids is 1. The van der Waals surface area contributed by atoms with Crippen molar-refractivity contribution in [2.75, 3.05) is 44.3 Å². The van der Waals surface area contributed by atoms with Crippen molar-refractivity contribution in [3.8, 4) is 0 Å². The van der Waals surface area contributed by atoms with Crippen LogP contribution in [0, 0.1) is 0 Å². The number of allylic oxidation sites excluding steroid dienone is 1. The fourth-order valence-electron chi connectivity index (χ4n) is 4.81. The SMILES string of the molecule is CCC/C(=N\C(=C/C(C)=O)c1ccncc1)N1CCCC(c2ccc(N3CCOCC3)cc2)C1. The van der Waals surface area contributed by atoms with E-state index in [0.717, 1.165) is 75.8 Å². The van der Waals surface area contributed by atoms with Crippen LogP contribution < -0.4 is 4.90 Å². The fourth-order valence-corrected chi connectivity index (χ4v) is 4.81. The van der Waals surface area contributed by atoms with Crippen LogP contribution in [0.2, 0.25) is 0 Å². The van der Waals surface area contributed by atoms with E-state index >= 15 is 0 Å². The number of morpholine rings is 1. The van der Waals surface area contributed by atoms with E-state index in [-0.39, 0.29) is 5.78 Å². The lowest BCUT2D eigenvalue weighted by Gasteiger charge is -2.36. The molecule has 6 nitrogen and oxygen atoms in total. The number of piperidine rings is 1. The van der Waals surface area contributed by atoms with Gasteiger partial charge in [0, 0.05) is 68.2 Å². The Kier molecular flexibility index (Phi) is 8.47. The van der Waals surface area contributed by atoms with Crippen molar-refractivity contribution in [2.24, 2.45) is 4.99 Å². The fraction of sp³-hybridized carbons (Fsp3) is 0.464. The Morgan fingerprint density at radius 3 is 2.53 bits per heavy atom. The van der Waals surface area contributed by atoms with E-state index in [1.807, 2.05) is 12.1 Å². The van der Waals surface area contributed by atoms with Gasteiger partial charge >= 0.3 is 0 Å². The van der Waals surface area contributed by atoms with Crippen LogP contribution in [0.5, 0.6) is 0 Å². The standard InChI is InChI=1S/C28H36N4O2/c1-3-5-28(30-27(20-22(2)33)24-11-13-29-14-12-24)32-15-4-6-25(21-32)23-7-9-26(10-8-23)31-16-18-34-19-17-31/h7-14,20,25H,3-6,15-19,21H2,1-2H3/b27-20-,30-28+. The Hall–Kier alpha value is -2.99. The van der Waals surface area contributed by atoms with Crippen LogP contribution in [-0.2, 0) is 9.53 Å². The van der Waals surface area contributed by atoms with Crippen molar-refractivity contribution in [3.63, 3.8) is 0 Å². The zero-order valence-corrected chi connectivity index (χ0v) is 20.4. The molecule has 1 aromatic carbocycles. The number of likely N-dealkylation sites (tertiary alicyclic amines) is 1. The Labute approximate surface area is 203 Å². The number of hydrogen-bond donors (Lipinski definition) is 0. The molecule has 180 valence electrons. The average molecular weight is 461 g/mol. The van der Waals surface area contributed by atoms with Crippen LogP contribution in [0.3, 0.4) is 0 Å². The second-order valence-electron chi connectivity index (χ2n) is 9.13. The van der Waals surface area contributed by atoms with Crippen LogP contribution in [-0.4, -0.2) is 60.9 Å². The molecular weight excluding hydrogens is 424 g/mol. The Bertz CT molecular complexity index is 995. The van der Waals surface area contributed by atoms with E-state index in [9.17, 15) is 4.79 Å². The van der Waals surface area contributed by atoms with Crippen LogP contribution in [0.15, 0.2) is 59.9 Å². The van der Waals surface area contributed by atoms with Gasteiger partial charge in [0.1, 0.15) is 5.84 Å². The van der Waals surface area contributed by atoms with Gasteiger partial charge in [-0.15, -0.1) is 0 Å². The smallest absolute Gasteiger partial charge is 0.154 e. The number of aliphatic imine (C=N–C) groups is 1. The molecule has 0 bridgehead atoms. The Morgan fingerprint density at radius 1 is 1.12 bits per heavy atom. The van der Waals surface area contributed by atoms with Crippen molar-refractivity contribution in [1.29, 1.82) is 0 Å². The minimum absolute atomic E-state index is 0.00305. The highest BCUT2D eigenvalue weighted by Crippen LogP contribution is 2.30. The van der Waals surface area contributed by atoms with Gasteiger partial charge < -0.3 is 14.5 Å². The van der Waals surface area contributed by atoms with Crippen molar-refractivity contribution in [2.45, 2.75) is 45.4 Å². The number of benzene rings is 1. The van der Waals surface area contributed by atoms with E-state index in [1.165, 1.54) is 17.7 Å². The summed E-state index contributed by atoms with van der Waals surface area (Å²) in [5.74, 6) is 1.56. The topological polar surface area (TPSA) is 58.0 Å². The van der Waals surface area contributed by atoms with Crippen molar-refractivity contribution >= 4 is 23.0 Å². The Morgan fingerprint density at radius 2 is 1.85 bits per heavy atom. The average Bonchev–Trinajstić information content (AvgIpc) is 2.89. The molecule has 0 radical (unpaired) electrons. The minimum atomic E-state index is 0.00305. The number of ether oxygens (including phenoxy) is 1. The van der Waals surface area contributed by atoms with Gasteiger partial charge in [-0.2, -0.15) is 0 Å². The quantitative estimate of drug-likeness (QED) is 0.333. The number of aromatic nitrogens is 1. The van der Waals surface area contributed by atoms with Crippen LogP contribution >= 0.6 is 0 Å². The van der Waals surface area contributed by atoms with Gasteiger partial charge in [0.05, 0.1) is 18.9 Å². The molecule has 2 aromatic rings. The molecule has 1 unspecified atom stereocenters. The highest BCUT2D eigenvalue weighted by atomic mass is 16.5. The third-order valence-corrected chi connectivity index (χ3v) is 6.57. The van der Waals surface area contributed by atoms with Crippen molar-refractivity contribution in [1.82, 2.24) is 9.88 Å². The lowest BCUT2D eigenvalue weighted by atomic mass is 9.90. The first-order valence-corrected chi connectivity index (χ1v) is 12.5. The third kappa shape index (κ3) is 6.32. The summed E-state index contributed by atoms with van der Waals surface area (Å²) in [6.07, 6.45) is 9.36. The number of nitrogens with zero attached hydrogens (tertiary/aromatic N) is 4. The van der Waals surface area contributed by atoms with Crippen LogP contribution in [0.25, 0.3) is 5.70 Å². The predicted octanol–water partition coefficient (Wildman–Crippen LogP) is 4.93. The summed E-state index contributed by atoms with van der Waals surface area (Å²) in [6.45, 7) is 9.25. The molecular formula is C28H36N4O2. The maximum Gasteiger partial charge on any atom is 0.154 e. The monoisotopic (exact) mass is 460 g/mol. The zero-order valence-electron chi connectivity index (χ0n) is 20.4. The molecule has 2 fully saturated rings. The van der Waals surface area contributed by atoms with Gasteiger partial charge in [0.25, 0.3) is 0 Å². The summed E-state index contributed by atoms with van der Waals surface area (Å²) in [5, 5.41) is 0. The number of anilines is 1. The summed E-state index contributed by atoms with van der Waals surface area (Å²) in [6, 6.07) is 12.9. The number of ketones is 1. The second-order valence-corrected chi connectivity index (χ2v) is 9.13. The zero-order chi connectivity index (χ0) is 23.8. The van der Waals surface area contributed by atoms with Gasteiger partial charge in [-0.1, -0.05) is 19.1 Å². The Balaban J connectivity index is 1.53. The summed E-state index contributed by atoms with van der Waals surface area (Å²) in [5.41, 5.74) is 4.32. The van der Waals surface area contributed by atoms with E-state index in [2.05, 4.69) is 46.0 Å². The van der Waals surface area contributed by atoms with Gasteiger partial charge in [-0.3, -0.25) is 9.78 Å². The van der Waals surface area contributed by atoms with Crippen LogP contribution in [0.1, 0.15) is 56.6 Å². The van der Waals surface area contributed by atoms with Gasteiger partial charge in [0.2, 0.25) is 0 Å². The normalized spacial score (nSPS) is 19.9. The molecule has 2 aliphatic heterocycles. The predicted molar refractivity (Wildman–Crippen MR) is 138 cm³/mol. The molecule has 0 saturated carbocycles. The number of carbonyl (C=O) groups is 1. The van der Waals surface area contributed by atoms with Crippen molar-refractivity contribution < 1.29 is 9.53 Å². The first kappa shape index (κ1) is 24.1. The summed E-state index contributed by atoms with van der Waals surface area (Å²) >= 11 is 0. The molecule has 3 heterocycles. The van der Waals surface area contributed by atoms with Crippen LogP contribution in [0.4, 0.5) is 5.69 Å². The first-order chi connectivity index (χ1) is 16.6. The molecule has 0 aliphatic carbocycles. The van der Waals surface area contributed by atoms with Gasteiger partial charge in [0.15, 0.2) is 5.78 Å². The molecule has 2 saturated heterocycles. The molecule has 0 N–H and O–H groups in total. The summed E-state index contributed by atoms with van der Waals surface area (Å²) in [7, 11) is 0. The highest BCUT2D eigenvalue weighted by molar-refractivity contribution is 5.98. The molecule has 2 aliphatic rings. The van der Waals surface area contributed by atoms with Gasteiger partial charge in [-0.25, -0.2) is 4.99 Å². The maximum absolute atomic E-state index is 11.9. The second kappa shape index (κ2) is 11.9. The lowest BCUT2D eigenvalue weighted by Crippen LogP contribution is -2.39. The number of rotatable bonds is 7. The van der Waals surface area contributed by atoms with Gasteiger partial charge in [-0.05, 0) is 56.0 Å². The molecule has 1 atom stereocenters. The largest absolute Gasteiger partial charge is 0.378 e. The maximum atomic E-state index is 11.9. The first-order valence-electron chi connectivity index (χ1n) is 12.5. The van der Waals surface area contributed by atoms with E-state index < -0.39 is 0 Å². The number of pyridine rings is 1. The molecule has 1 aromatic heterocycles. The third-order valence-electron chi connectivity index (χ3n) is 6.57. The number of amidine groups is 1. The van der Waals surface area contributed by atoms with Crippen molar-refractivity contribution in [3.05, 3.63) is 66.0 Å². The van der Waals surface area contributed by atoms with E-state index in [1.54, 1.807) is 25.4 Å². The summed E-state index contributed by atoms with van der Waals surface area (Å²) in [4.78, 5) is 25.9. The minimum Gasteiger partial charge on any atom is -0.378 e. The molecule has 34 heavy (non-hydrogen) atoms. The van der Waals surface area contributed by atoms with E-state index in [4.69, 9.17) is 9.73 Å². The molecule has 0 amide bonds. The molecule has 4 rings (SSSR count). The molecule has 6 heteroatoms. The summed E-state index contributed by atoms with van der Waals surface area (Å²) < 4.78 is 5.49. The molecule has 0 spiro atoms. The lowest BCUT2D eigenvalue weighted by molar-refractivity contribution is -0.112. The number of hydrogen-bond acceptors (Lipinski definition) is 5. The highest BCUT2D eigenvalue weighted by Gasteiger charge is 2.24. The van der Waals surface area contributed by atoms with E-state index in [0.29, 0.717) is 5.92 Å².